The molecule has 1 unspecified atom stereocenters. The van der Waals surface area contributed by atoms with Crippen LogP contribution < -0.4 is 10.1 Å². The number of ether oxygens (including phenoxy) is 1. The molecule has 0 radical (unpaired) electrons. The molecule has 5 heteroatoms. The molecule has 0 amide bonds. The molecule has 30 heavy (non-hydrogen) atoms. The smallest absolute Gasteiger partial charge is 0.145 e. The molecular weight excluding hydrogens is 374 g/mol. The Labute approximate surface area is 178 Å². The summed E-state index contributed by atoms with van der Waals surface area (Å²) < 4.78 is 5.62. The summed E-state index contributed by atoms with van der Waals surface area (Å²) in [5.41, 5.74) is 4.90. The molecule has 5 nitrogen and oxygen atoms in total. The number of aliphatic hydroxyl groups excluding tert-OH is 1. The summed E-state index contributed by atoms with van der Waals surface area (Å²) in [7, 11) is 1.67. The standard InChI is InChI=1S/C25H31N3O2/c1-25(2,3)18-8-10-23(30-4)19(12-18)20(15-29)17-7-9-21-22(11-17)26-14-24(28-21)27-13-16-5-6-16/h7-12,14,16,20,29H,5-6,13,15H2,1-4H3,(H,27,28). The maximum absolute atomic E-state index is 10.3. The molecule has 1 saturated carbocycles. The molecular formula is C25H31N3O2. The molecule has 1 atom stereocenters. The van der Waals surface area contributed by atoms with Crippen molar-refractivity contribution < 1.29 is 9.84 Å². The van der Waals surface area contributed by atoms with Crippen molar-refractivity contribution in [1.82, 2.24) is 9.97 Å². The highest BCUT2D eigenvalue weighted by molar-refractivity contribution is 5.76. The van der Waals surface area contributed by atoms with E-state index in [4.69, 9.17) is 9.72 Å². The van der Waals surface area contributed by atoms with E-state index in [0.29, 0.717) is 0 Å². The number of hydrogen-bond acceptors (Lipinski definition) is 5. The van der Waals surface area contributed by atoms with Gasteiger partial charge in [-0.25, -0.2) is 4.98 Å². The van der Waals surface area contributed by atoms with Crippen LogP contribution in [0.25, 0.3) is 11.0 Å². The maximum Gasteiger partial charge on any atom is 0.145 e. The van der Waals surface area contributed by atoms with Gasteiger partial charge in [0.25, 0.3) is 0 Å². The van der Waals surface area contributed by atoms with E-state index in [1.807, 2.05) is 24.3 Å². The minimum atomic E-state index is -0.193. The number of nitrogens with zero attached hydrogens (tertiary/aromatic N) is 2. The van der Waals surface area contributed by atoms with E-state index in [0.717, 1.165) is 46.2 Å². The largest absolute Gasteiger partial charge is 0.496 e. The monoisotopic (exact) mass is 405 g/mol. The van der Waals surface area contributed by atoms with Gasteiger partial charge in [0.2, 0.25) is 0 Å². The molecule has 158 valence electrons. The van der Waals surface area contributed by atoms with Gasteiger partial charge < -0.3 is 15.2 Å². The molecule has 1 heterocycles. The number of aromatic nitrogens is 2. The zero-order chi connectivity index (χ0) is 21.3. The van der Waals surface area contributed by atoms with Gasteiger partial charge in [-0.05, 0) is 53.5 Å². The second-order valence-electron chi connectivity index (χ2n) is 9.27. The number of rotatable bonds is 7. The van der Waals surface area contributed by atoms with Gasteiger partial charge in [0.15, 0.2) is 0 Å². The normalized spacial score (nSPS) is 15.2. The Morgan fingerprint density at radius 3 is 2.60 bits per heavy atom. The summed E-state index contributed by atoms with van der Waals surface area (Å²) in [5, 5.41) is 13.7. The summed E-state index contributed by atoms with van der Waals surface area (Å²) in [4.78, 5) is 9.31. The molecule has 1 aliphatic carbocycles. The number of aliphatic hydroxyl groups is 1. The average Bonchev–Trinajstić information content (AvgIpc) is 3.56. The topological polar surface area (TPSA) is 67.3 Å². The Morgan fingerprint density at radius 2 is 1.93 bits per heavy atom. The molecule has 2 aromatic carbocycles. The fourth-order valence-corrected chi connectivity index (χ4v) is 3.76. The van der Waals surface area contributed by atoms with Crippen molar-refractivity contribution >= 4 is 16.9 Å². The van der Waals surface area contributed by atoms with Gasteiger partial charge in [-0.3, -0.25) is 4.98 Å². The number of methoxy groups -OCH3 is 1. The lowest BCUT2D eigenvalue weighted by Crippen LogP contribution is -2.14. The molecule has 0 saturated heterocycles. The van der Waals surface area contributed by atoms with Crippen LogP contribution in [0.4, 0.5) is 5.82 Å². The van der Waals surface area contributed by atoms with Gasteiger partial charge in [0.1, 0.15) is 11.6 Å². The second-order valence-corrected chi connectivity index (χ2v) is 9.27. The third-order valence-corrected chi connectivity index (χ3v) is 5.89. The third kappa shape index (κ3) is 4.41. The predicted molar refractivity (Wildman–Crippen MR) is 121 cm³/mol. The summed E-state index contributed by atoms with van der Waals surface area (Å²) >= 11 is 0. The zero-order valence-electron chi connectivity index (χ0n) is 18.3. The van der Waals surface area contributed by atoms with Crippen molar-refractivity contribution in [2.75, 3.05) is 25.6 Å². The van der Waals surface area contributed by atoms with Gasteiger partial charge in [-0.1, -0.05) is 39.0 Å². The highest BCUT2D eigenvalue weighted by Gasteiger charge is 2.23. The van der Waals surface area contributed by atoms with E-state index in [2.05, 4.69) is 43.2 Å². The summed E-state index contributed by atoms with van der Waals surface area (Å²) in [6.45, 7) is 7.52. The molecule has 0 aliphatic heterocycles. The Kier molecular flexibility index (Phi) is 5.65. The van der Waals surface area contributed by atoms with Crippen molar-refractivity contribution in [3.8, 4) is 5.75 Å². The van der Waals surface area contributed by atoms with E-state index in [9.17, 15) is 5.11 Å². The zero-order valence-corrected chi connectivity index (χ0v) is 18.3. The van der Waals surface area contributed by atoms with Gasteiger partial charge in [0, 0.05) is 18.0 Å². The fourth-order valence-electron chi connectivity index (χ4n) is 3.76. The van der Waals surface area contributed by atoms with Crippen molar-refractivity contribution in [2.45, 2.75) is 44.9 Å². The number of benzene rings is 2. The number of anilines is 1. The second kappa shape index (κ2) is 8.23. The van der Waals surface area contributed by atoms with E-state index >= 15 is 0 Å². The van der Waals surface area contributed by atoms with E-state index < -0.39 is 0 Å². The number of hydrogen-bond donors (Lipinski definition) is 2. The van der Waals surface area contributed by atoms with Crippen LogP contribution in [0.2, 0.25) is 0 Å². The fraction of sp³-hybridized carbons (Fsp3) is 0.440. The molecule has 0 spiro atoms. The SMILES string of the molecule is COc1ccc(C(C)(C)C)cc1C(CO)c1ccc2nc(NCC3CC3)cnc2c1. The van der Waals surface area contributed by atoms with Crippen LogP contribution in [-0.4, -0.2) is 35.3 Å². The molecule has 2 N–H and O–H groups in total. The van der Waals surface area contributed by atoms with E-state index in [-0.39, 0.29) is 17.9 Å². The van der Waals surface area contributed by atoms with Crippen molar-refractivity contribution in [1.29, 1.82) is 0 Å². The first-order valence-electron chi connectivity index (χ1n) is 10.7. The number of fused-ring (bicyclic) bond motifs is 1. The van der Waals surface area contributed by atoms with Crippen molar-refractivity contribution in [3.63, 3.8) is 0 Å². The lowest BCUT2D eigenvalue weighted by molar-refractivity contribution is 0.277. The Bertz CT molecular complexity index is 1040. The maximum atomic E-state index is 10.3. The highest BCUT2D eigenvalue weighted by atomic mass is 16.5. The highest BCUT2D eigenvalue weighted by Crippen LogP contribution is 2.36. The predicted octanol–water partition coefficient (Wildman–Crippen LogP) is 4.88. The molecule has 0 bridgehead atoms. The minimum Gasteiger partial charge on any atom is -0.496 e. The van der Waals surface area contributed by atoms with Gasteiger partial charge in [0.05, 0.1) is 30.9 Å². The van der Waals surface area contributed by atoms with Crippen LogP contribution in [0, 0.1) is 5.92 Å². The Morgan fingerprint density at radius 1 is 1.13 bits per heavy atom. The molecule has 4 rings (SSSR count). The summed E-state index contributed by atoms with van der Waals surface area (Å²) in [6.07, 6.45) is 4.41. The minimum absolute atomic E-state index is 0.0100. The van der Waals surface area contributed by atoms with Gasteiger partial charge in [-0.15, -0.1) is 0 Å². The molecule has 1 fully saturated rings. The summed E-state index contributed by atoms with van der Waals surface area (Å²) in [6, 6.07) is 12.3. The first-order valence-corrected chi connectivity index (χ1v) is 10.7. The van der Waals surface area contributed by atoms with Crippen LogP contribution in [0.15, 0.2) is 42.6 Å². The third-order valence-electron chi connectivity index (χ3n) is 5.89. The van der Waals surface area contributed by atoms with E-state index in [1.165, 1.54) is 18.4 Å². The van der Waals surface area contributed by atoms with Gasteiger partial charge in [-0.2, -0.15) is 0 Å². The Balaban J connectivity index is 1.67. The molecule has 3 aromatic rings. The first-order chi connectivity index (χ1) is 14.4. The van der Waals surface area contributed by atoms with Crippen LogP contribution in [0.5, 0.6) is 5.75 Å². The number of nitrogens with one attached hydrogen (secondary N) is 1. The van der Waals surface area contributed by atoms with E-state index in [1.54, 1.807) is 13.3 Å². The van der Waals surface area contributed by atoms with Crippen molar-refractivity contribution in [3.05, 3.63) is 59.3 Å². The van der Waals surface area contributed by atoms with Crippen LogP contribution in [0.1, 0.15) is 56.2 Å². The quantitative estimate of drug-likeness (QED) is 0.586. The lowest BCUT2D eigenvalue weighted by atomic mass is 9.82. The van der Waals surface area contributed by atoms with Crippen LogP contribution >= 0.6 is 0 Å². The Hall–Kier alpha value is -2.66. The summed E-state index contributed by atoms with van der Waals surface area (Å²) in [5.74, 6) is 2.20. The molecule has 1 aliphatic rings. The lowest BCUT2D eigenvalue weighted by Gasteiger charge is -2.24. The molecule has 1 aromatic heterocycles. The first kappa shape index (κ1) is 20.6. The van der Waals surface area contributed by atoms with Gasteiger partial charge >= 0.3 is 0 Å². The van der Waals surface area contributed by atoms with Crippen LogP contribution in [-0.2, 0) is 5.41 Å². The average molecular weight is 406 g/mol. The van der Waals surface area contributed by atoms with Crippen LogP contribution in [0.3, 0.4) is 0 Å². The van der Waals surface area contributed by atoms with Crippen molar-refractivity contribution in [2.24, 2.45) is 5.92 Å².